The van der Waals surface area contributed by atoms with Gasteiger partial charge in [-0.2, -0.15) is 9.61 Å². The highest BCUT2D eigenvalue weighted by molar-refractivity contribution is 5.85. The highest BCUT2D eigenvalue weighted by atomic mass is 19.1. The van der Waals surface area contributed by atoms with Crippen molar-refractivity contribution in [3.8, 4) is 11.3 Å². The van der Waals surface area contributed by atoms with Crippen LogP contribution in [-0.2, 0) is 11.2 Å². The van der Waals surface area contributed by atoms with E-state index in [0.29, 0.717) is 22.7 Å². The lowest BCUT2D eigenvalue weighted by Gasteiger charge is -2.17. The predicted molar refractivity (Wildman–Crippen MR) is 118 cm³/mol. The van der Waals surface area contributed by atoms with Crippen LogP contribution in [0, 0.1) is 12.7 Å². The monoisotopic (exact) mass is 430 g/mol. The van der Waals surface area contributed by atoms with Crippen LogP contribution in [0.4, 0.5) is 10.2 Å². The van der Waals surface area contributed by atoms with E-state index < -0.39 is 17.8 Å². The van der Waals surface area contributed by atoms with Gasteiger partial charge >= 0.3 is 5.97 Å². The van der Waals surface area contributed by atoms with Gasteiger partial charge in [0.2, 0.25) is 0 Å². The molecule has 160 valence electrons. The normalized spacial score (nSPS) is 12.3. The Labute approximate surface area is 181 Å². The summed E-state index contributed by atoms with van der Waals surface area (Å²) < 4.78 is 15.3. The average Bonchev–Trinajstić information content (AvgIpc) is 3.37. The molecule has 8 nitrogen and oxygen atoms in total. The fraction of sp³-hybridized carbons (Fsp3) is 0.130. The molecule has 0 saturated heterocycles. The van der Waals surface area contributed by atoms with E-state index in [1.54, 1.807) is 16.8 Å². The zero-order valence-corrected chi connectivity index (χ0v) is 17.1. The van der Waals surface area contributed by atoms with E-state index in [4.69, 9.17) is 0 Å². The van der Waals surface area contributed by atoms with E-state index in [9.17, 15) is 14.3 Å². The quantitative estimate of drug-likeness (QED) is 0.378. The number of rotatable bonds is 6. The van der Waals surface area contributed by atoms with Gasteiger partial charge in [-0.25, -0.2) is 14.2 Å². The van der Waals surface area contributed by atoms with Crippen LogP contribution in [-0.4, -0.2) is 41.7 Å². The maximum Gasteiger partial charge on any atom is 0.326 e. The van der Waals surface area contributed by atoms with Gasteiger partial charge in [0, 0.05) is 46.9 Å². The van der Waals surface area contributed by atoms with E-state index >= 15 is 0 Å². The van der Waals surface area contributed by atoms with E-state index in [-0.39, 0.29) is 6.42 Å². The molecule has 0 aliphatic heterocycles. The second-order valence-electron chi connectivity index (χ2n) is 7.58. The van der Waals surface area contributed by atoms with Gasteiger partial charge in [0.05, 0.1) is 18.1 Å². The van der Waals surface area contributed by atoms with E-state index in [0.717, 1.165) is 28.2 Å². The lowest BCUT2D eigenvalue weighted by atomic mass is 10.0. The number of pyridine rings is 1. The van der Waals surface area contributed by atoms with E-state index in [1.165, 1.54) is 12.3 Å². The molecule has 0 aliphatic rings. The lowest BCUT2D eigenvalue weighted by Crippen LogP contribution is -2.32. The van der Waals surface area contributed by atoms with Gasteiger partial charge in [0.15, 0.2) is 5.65 Å². The third-order valence-corrected chi connectivity index (χ3v) is 5.37. The summed E-state index contributed by atoms with van der Waals surface area (Å²) in [6.45, 7) is 1.85. The molecular formula is C23H19FN6O2. The molecule has 0 saturated carbocycles. The third-order valence-electron chi connectivity index (χ3n) is 5.37. The number of carbonyl (C=O) groups is 1. The Balaban J connectivity index is 1.55. The first kappa shape index (κ1) is 19.7. The van der Waals surface area contributed by atoms with Crippen molar-refractivity contribution in [3.05, 3.63) is 78.1 Å². The Kier molecular flexibility index (Phi) is 4.78. The minimum absolute atomic E-state index is 0.250. The van der Waals surface area contributed by atoms with Crippen molar-refractivity contribution in [2.75, 3.05) is 5.32 Å². The van der Waals surface area contributed by atoms with Crippen molar-refractivity contribution >= 4 is 28.3 Å². The molecular weight excluding hydrogens is 411 g/mol. The second-order valence-corrected chi connectivity index (χ2v) is 7.58. The van der Waals surface area contributed by atoms with Gasteiger partial charge in [-0.3, -0.25) is 4.98 Å². The maximum atomic E-state index is 13.7. The Bertz CT molecular complexity index is 1460. The largest absolute Gasteiger partial charge is 0.480 e. The van der Waals surface area contributed by atoms with Crippen LogP contribution in [0.5, 0.6) is 0 Å². The zero-order chi connectivity index (χ0) is 22.2. The van der Waals surface area contributed by atoms with Crippen molar-refractivity contribution in [2.24, 2.45) is 0 Å². The number of hydrogen-bond donors (Lipinski definition) is 3. The number of nitrogens with one attached hydrogen (secondary N) is 2. The average molecular weight is 430 g/mol. The number of benzene rings is 1. The fourth-order valence-electron chi connectivity index (χ4n) is 3.77. The highest BCUT2D eigenvalue weighted by Crippen LogP contribution is 2.25. The van der Waals surface area contributed by atoms with Gasteiger partial charge in [-0.1, -0.05) is 18.2 Å². The number of halogens is 1. The summed E-state index contributed by atoms with van der Waals surface area (Å²) in [7, 11) is 0. The van der Waals surface area contributed by atoms with Crippen LogP contribution >= 0.6 is 0 Å². The summed E-state index contributed by atoms with van der Waals surface area (Å²) in [5.74, 6) is -1.04. The fourth-order valence-corrected chi connectivity index (χ4v) is 3.77. The van der Waals surface area contributed by atoms with Crippen LogP contribution in [0.3, 0.4) is 0 Å². The smallest absolute Gasteiger partial charge is 0.326 e. The summed E-state index contributed by atoms with van der Waals surface area (Å²) >= 11 is 0. The molecule has 4 heterocycles. The number of aliphatic carboxylic acids is 1. The van der Waals surface area contributed by atoms with Crippen molar-refractivity contribution in [1.29, 1.82) is 0 Å². The maximum absolute atomic E-state index is 13.7. The summed E-state index contributed by atoms with van der Waals surface area (Å²) in [5, 5.41) is 18.3. The number of aromatic nitrogens is 5. The lowest BCUT2D eigenvalue weighted by molar-refractivity contribution is -0.137. The van der Waals surface area contributed by atoms with Gasteiger partial charge < -0.3 is 15.4 Å². The molecule has 0 aliphatic carbocycles. The number of carboxylic acids is 1. The van der Waals surface area contributed by atoms with Gasteiger partial charge in [0.1, 0.15) is 17.7 Å². The number of aryl methyl sites for hydroxylation is 1. The number of fused-ring (bicyclic) bond motifs is 2. The summed E-state index contributed by atoms with van der Waals surface area (Å²) in [4.78, 5) is 23.8. The molecule has 0 spiro atoms. The number of hydrogen-bond acceptors (Lipinski definition) is 5. The number of anilines is 1. The third kappa shape index (κ3) is 3.53. The molecule has 0 bridgehead atoms. The number of aromatic amines is 1. The minimum atomic E-state index is -1.00. The zero-order valence-electron chi connectivity index (χ0n) is 17.1. The predicted octanol–water partition coefficient (Wildman–Crippen LogP) is 3.83. The molecule has 5 rings (SSSR count). The summed E-state index contributed by atoms with van der Waals surface area (Å²) in [6.07, 6.45) is 6.36. The summed E-state index contributed by atoms with van der Waals surface area (Å²) in [5.41, 5.74) is 4.14. The molecule has 9 heteroatoms. The van der Waals surface area contributed by atoms with Crippen LogP contribution < -0.4 is 5.32 Å². The van der Waals surface area contributed by atoms with Crippen LogP contribution in [0.25, 0.3) is 27.8 Å². The van der Waals surface area contributed by atoms with Crippen molar-refractivity contribution in [2.45, 2.75) is 19.4 Å². The standard InChI is InChI=1S/C23H19FN6O2/c1-13-9-27-30-21(8-19(29-22(13)30)15-6-16(24)12-25-10-15)28-20(23(31)32)7-14-11-26-18-5-3-2-4-17(14)18/h2-6,8-12,20,26,28H,7H2,1H3,(H,31,32). The first-order valence-electron chi connectivity index (χ1n) is 10.0. The number of para-hydroxylation sites is 1. The molecule has 0 amide bonds. The van der Waals surface area contributed by atoms with Crippen molar-refractivity contribution in [1.82, 2.24) is 24.6 Å². The van der Waals surface area contributed by atoms with Crippen molar-refractivity contribution in [3.63, 3.8) is 0 Å². The Morgan fingerprint density at radius 3 is 2.91 bits per heavy atom. The van der Waals surface area contributed by atoms with Crippen LogP contribution in [0.15, 0.2) is 61.2 Å². The number of H-pyrrole nitrogens is 1. The van der Waals surface area contributed by atoms with Crippen LogP contribution in [0.2, 0.25) is 0 Å². The first-order chi connectivity index (χ1) is 15.5. The van der Waals surface area contributed by atoms with Gasteiger partial charge in [0.25, 0.3) is 0 Å². The van der Waals surface area contributed by atoms with Crippen LogP contribution in [0.1, 0.15) is 11.1 Å². The molecule has 32 heavy (non-hydrogen) atoms. The highest BCUT2D eigenvalue weighted by Gasteiger charge is 2.22. The van der Waals surface area contributed by atoms with Gasteiger partial charge in [-0.05, 0) is 24.6 Å². The minimum Gasteiger partial charge on any atom is -0.480 e. The molecule has 5 aromatic rings. The Hall–Kier alpha value is -4.27. The Morgan fingerprint density at radius 2 is 2.09 bits per heavy atom. The van der Waals surface area contributed by atoms with Crippen molar-refractivity contribution < 1.29 is 14.3 Å². The molecule has 0 fully saturated rings. The molecule has 0 radical (unpaired) electrons. The molecule has 1 unspecified atom stereocenters. The topological polar surface area (TPSA) is 108 Å². The second kappa shape index (κ2) is 7.77. The van der Waals surface area contributed by atoms with Gasteiger partial charge in [-0.15, -0.1) is 0 Å². The molecule has 4 aromatic heterocycles. The number of nitrogens with zero attached hydrogens (tertiary/aromatic N) is 4. The first-order valence-corrected chi connectivity index (χ1v) is 10.0. The molecule has 1 aromatic carbocycles. The summed E-state index contributed by atoms with van der Waals surface area (Å²) in [6, 6.07) is 9.80. The Morgan fingerprint density at radius 1 is 1.25 bits per heavy atom. The van der Waals surface area contributed by atoms with E-state index in [1.807, 2.05) is 37.4 Å². The number of carboxylic acid groups (broad SMARTS) is 1. The van der Waals surface area contributed by atoms with E-state index in [2.05, 4.69) is 25.4 Å². The molecule has 3 N–H and O–H groups in total. The molecule has 1 atom stereocenters. The SMILES string of the molecule is Cc1cnn2c(NC(Cc3c[nH]c4ccccc34)C(=O)O)cc(-c3cncc(F)c3)nc12.